The molecule has 0 saturated carbocycles. The van der Waals surface area contributed by atoms with Crippen LogP contribution >= 0.6 is 0 Å². The normalized spacial score (nSPS) is 13.0. The lowest BCUT2D eigenvalue weighted by atomic mass is 9.96. The van der Waals surface area contributed by atoms with Gasteiger partial charge in [0.15, 0.2) is 0 Å². The number of phenols is 1. The predicted molar refractivity (Wildman–Crippen MR) is 68.7 cm³/mol. The van der Waals surface area contributed by atoms with Crippen molar-refractivity contribution in [2.75, 3.05) is 6.54 Å². The molecule has 90 valence electrons. The topological polar surface area (TPSA) is 32.3 Å². The number of aromatic hydroxyl groups is 1. The minimum Gasteiger partial charge on any atom is -0.508 e. The van der Waals surface area contributed by atoms with E-state index in [1.165, 1.54) is 5.56 Å². The third-order valence-electron chi connectivity index (χ3n) is 2.83. The smallest absolute Gasteiger partial charge is 0.115 e. The third-order valence-corrected chi connectivity index (χ3v) is 2.83. The van der Waals surface area contributed by atoms with Crippen molar-refractivity contribution in [2.45, 2.75) is 39.7 Å². The molecule has 2 heteroatoms. The van der Waals surface area contributed by atoms with Crippen LogP contribution in [0.25, 0.3) is 0 Å². The Bertz CT molecular complexity index is 309. The Balaban J connectivity index is 2.49. The Morgan fingerprint density at radius 3 is 2.62 bits per heavy atom. The fourth-order valence-corrected chi connectivity index (χ4v) is 1.78. The zero-order valence-corrected chi connectivity index (χ0v) is 10.5. The van der Waals surface area contributed by atoms with Crippen molar-refractivity contribution in [2.24, 2.45) is 5.92 Å². The van der Waals surface area contributed by atoms with Crippen LogP contribution in [0.4, 0.5) is 0 Å². The van der Waals surface area contributed by atoms with E-state index < -0.39 is 0 Å². The van der Waals surface area contributed by atoms with Gasteiger partial charge in [0.25, 0.3) is 0 Å². The van der Waals surface area contributed by atoms with E-state index in [0.29, 0.717) is 17.7 Å². The summed E-state index contributed by atoms with van der Waals surface area (Å²) in [5.41, 5.74) is 1.22. The van der Waals surface area contributed by atoms with Gasteiger partial charge in [0, 0.05) is 6.04 Å². The molecular formula is C14H23NO. The first kappa shape index (κ1) is 13.0. The second-order valence-electron chi connectivity index (χ2n) is 4.71. The molecule has 0 aliphatic heterocycles. The SMILES string of the molecule is CCC(CNC(C)C)Cc1cccc(O)c1. The molecule has 0 heterocycles. The van der Waals surface area contributed by atoms with Crippen LogP contribution in [0.2, 0.25) is 0 Å². The summed E-state index contributed by atoms with van der Waals surface area (Å²) in [6, 6.07) is 8.11. The van der Waals surface area contributed by atoms with Crippen LogP contribution in [0, 0.1) is 5.92 Å². The van der Waals surface area contributed by atoms with Crippen LogP contribution in [0.1, 0.15) is 32.8 Å². The fraction of sp³-hybridized carbons (Fsp3) is 0.571. The summed E-state index contributed by atoms with van der Waals surface area (Å²) in [5.74, 6) is 1.01. The number of rotatable bonds is 6. The second-order valence-corrected chi connectivity index (χ2v) is 4.71. The van der Waals surface area contributed by atoms with Crippen molar-refractivity contribution >= 4 is 0 Å². The highest BCUT2D eigenvalue weighted by atomic mass is 16.3. The van der Waals surface area contributed by atoms with Gasteiger partial charge in [-0.2, -0.15) is 0 Å². The predicted octanol–water partition coefficient (Wildman–Crippen LogP) is 2.96. The Morgan fingerprint density at radius 2 is 2.06 bits per heavy atom. The van der Waals surface area contributed by atoms with Gasteiger partial charge in [0.1, 0.15) is 5.75 Å². The van der Waals surface area contributed by atoms with E-state index in [9.17, 15) is 5.11 Å². The van der Waals surface area contributed by atoms with Crippen LogP contribution in [-0.2, 0) is 6.42 Å². The van der Waals surface area contributed by atoms with Gasteiger partial charge in [-0.25, -0.2) is 0 Å². The van der Waals surface area contributed by atoms with Crippen molar-refractivity contribution < 1.29 is 5.11 Å². The van der Waals surface area contributed by atoms with Gasteiger partial charge in [-0.05, 0) is 36.6 Å². The number of benzene rings is 1. The first-order valence-corrected chi connectivity index (χ1v) is 6.13. The Morgan fingerprint density at radius 1 is 1.31 bits per heavy atom. The maximum atomic E-state index is 9.40. The molecule has 1 unspecified atom stereocenters. The number of hydrogen-bond donors (Lipinski definition) is 2. The molecule has 0 saturated heterocycles. The summed E-state index contributed by atoms with van der Waals surface area (Å²) in [4.78, 5) is 0. The third kappa shape index (κ3) is 4.67. The largest absolute Gasteiger partial charge is 0.508 e. The van der Waals surface area contributed by atoms with E-state index in [1.54, 1.807) is 6.07 Å². The van der Waals surface area contributed by atoms with Crippen molar-refractivity contribution in [1.29, 1.82) is 0 Å². The molecule has 0 bridgehead atoms. The summed E-state index contributed by atoms with van der Waals surface area (Å²) in [6.45, 7) is 7.60. The molecule has 16 heavy (non-hydrogen) atoms. The zero-order chi connectivity index (χ0) is 12.0. The van der Waals surface area contributed by atoms with Crippen molar-refractivity contribution in [3.8, 4) is 5.75 Å². The highest BCUT2D eigenvalue weighted by Gasteiger charge is 2.08. The lowest BCUT2D eigenvalue weighted by molar-refractivity contribution is 0.433. The maximum Gasteiger partial charge on any atom is 0.115 e. The molecule has 1 atom stereocenters. The Labute approximate surface area is 98.7 Å². The highest BCUT2D eigenvalue weighted by Crippen LogP contribution is 2.16. The van der Waals surface area contributed by atoms with Crippen LogP contribution in [-0.4, -0.2) is 17.7 Å². The Kier molecular flexibility index (Phi) is 5.33. The summed E-state index contributed by atoms with van der Waals surface area (Å²) in [6.07, 6.45) is 2.19. The van der Waals surface area contributed by atoms with Gasteiger partial charge in [-0.3, -0.25) is 0 Å². The van der Waals surface area contributed by atoms with Gasteiger partial charge in [-0.1, -0.05) is 39.3 Å². The van der Waals surface area contributed by atoms with E-state index >= 15 is 0 Å². The van der Waals surface area contributed by atoms with Crippen LogP contribution in [0.3, 0.4) is 0 Å². The molecule has 0 spiro atoms. The molecule has 0 radical (unpaired) electrons. The molecule has 1 aromatic carbocycles. The molecular weight excluding hydrogens is 198 g/mol. The first-order chi connectivity index (χ1) is 7.61. The lowest BCUT2D eigenvalue weighted by Gasteiger charge is -2.17. The molecule has 0 aliphatic rings. The van der Waals surface area contributed by atoms with Gasteiger partial charge >= 0.3 is 0 Å². The minimum atomic E-state index is 0.365. The molecule has 1 rings (SSSR count). The molecule has 0 aromatic heterocycles. The molecule has 2 nitrogen and oxygen atoms in total. The quantitative estimate of drug-likeness (QED) is 0.774. The standard InChI is InChI=1S/C14H23NO/c1-4-12(10-15-11(2)3)8-13-6-5-7-14(16)9-13/h5-7,9,11-12,15-16H,4,8,10H2,1-3H3. The molecule has 0 amide bonds. The van der Waals surface area contributed by atoms with Crippen LogP contribution in [0.15, 0.2) is 24.3 Å². The lowest BCUT2D eigenvalue weighted by Crippen LogP contribution is -2.29. The number of nitrogens with one attached hydrogen (secondary N) is 1. The van der Waals surface area contributed by atoms with Gasteiger partial charge in [0.2, 0.25) is 0 Å². The minimum absolute atomic E-state index is 0.365. The fourth-order valence-electron chi connectivity index (χ4n) is 1.78. The molecule has 1 aromatic rings. The first-order valence-electron chi connectivity index (χ1n) is 6.13. The molecule has 0 aliphatic carbocycles. The monoisotopic (exact) mass is 221 g/mol. The second kappa shape index (κ2) is 6.54. The molecule has 0 fully saturated rings. The average Bonchev–Trinajstić information content (AvgIpc) is 2.24. The average molecular weight is 221 g/mol. The van der Waals surface area contributed by atoms with E-state index in [4.69, 9.17) is 0 Å². The van der Waals surface area contributed by atoms with Gasteiger partial charge in [-0.15, -0.1) is 0 Å². The van der Waals surface area contributed by atoms with E-state index in [2.05, 4.69) is 32.2 Å². The zero-order valence-electron chi connectivity index (χ0n) is 10.5. The van der Waals surface area contributed by atoms with Crippen LogP contribution < -0.4 is 5.32 Å². The highest BCUT2D eigenvalue weighted by molar-refractivity contribution is 5.27. The van der Waals surface area contributed by atoms with Gasteiger partial charge in [0.05, 0.1) is 0 Å². The van der Waals surface area contributed by atoms with Crippen LogP contribution in [0.5, 0.6) is 5.75 Å². The van der Waals surface area contributed by atoms with E-state index in [1.807, 2.05) is 12.1 Å². The van der Waals surface area contributed by atoms with E-state index in [0.717, 1.165) is 19.4 Å². The van der Waals surface area contributed by atoms with Crippen molar-refractivity contribution in [1.82, 2.24) is 5.32 Å². The summed E-state index contributed by atoms with van der Waals surface area (Å²) in [7, 11) is 0. The van der Waals surface area contributed by atoms with Gasteiger partial charge < -0.3 is 10.4 Å². The maximum absolute atomic E-state index is 9.40. The van der Waals surface area contributed by atoms with Crippen molar-refractivity contribution in [3.63, 3.8) is 0 Å². The summed E-state index contributed by atoms with van der Waals surface area (Å²) >= 11 is 0. The summed E-state index contributed by atoms with van der Waals surface area (Å²) in [5, 5.41) is 12.9. The van der Waals surface area contributed by atoms with Crippen molar-refractivity contribution in [3.05, 3.63) is 29.8 Å². The van der Waals surface area contributed by atoms with E-state index in [-0.39, 0.29) is 0 Å². The summed E-state index contributed by atoms with van der Waals surface area (Å²) < 4.78 is 0. The Hall–Kier alpha value is -1.02. The number of hydrogen-bond acceptors (Lipinski definition) is 2. The molecule has 2 N–H and O–H groups in total. The number of phenolic OH excluding ortho intramolecular Hbond substituents is 1.